The van der Waals surface area contributed by atoms with Crippen molar-refractivity contribution >= 4 is 5.91 Å². The Morgan fingerprint density at radius 3 is 2.57 bits per heavy atom. The molecule has 82 valence electrons. The van der Waals surface area contributed by atoms with Gasteiger partial charge >= 0.3 is 0 Å². The number of hydrogen-bond acceptors (Lipinski definition) is 3. The van der Waals surface area contributed by atoms with Crippen LogP contribution in [0.15, 0.2) is 0 Å². The van der Waals surface area contributed by atoms with Gasteiger partial charge in [-0.15, -0.1) is 0 Å². The number of carbonyl (C=O) groups excluding carboxylic acids is 1. The van der Waals surface area contributed by atoms with Crippen LogP contribution in [0.2, 0.25) is 0 Å². The summed E-state index contributed by atoms with van der Waals surface area (Å²) in [5.74, 6) is 0.0555. The van der Waals surface area contributed by atoms with Crippen LogP contribution in [-0.2, 0) is 9.53 Å². The summed E-state index contributed by atoms with van der Waals surface area (Å²) in [6.45, 7) is 6.05. The van der Waals surface area contributed by atoms with Crippen molar-refractivity contribution in [1.82, 2.24) is 4.90 Å². The second-order valence-electron chi connectivity index (χ2n) is 3.77. The highest BCUT2D eigenvalue weighted by atomic mass is 16.5. The fourth-order valence-electron chi connectivity index (χ4n) is 1.77. The van der Waals surface area contributed by atoms with Crippen molar-refractivity contribution in [3.8, 4) is 0 Å². The summed E-state index contributed by atoms with van der Waals surface area (Å²) < 4.78 is 5.50. The molecule has 0 bridgehead atoms. The molecule has 0 radical (unpaired) electrons. The topological polar surface area (TPSA) is 55.6 Å². The number of carbonyl (C=O) groups is 1. The number of amides is 1. The summed E-state index contributed by atoms with van der Waals surface area (Å²) in [6.07, 6.45) is 2.20. The van der Waals surface area contributed by atoms with Crippen LogP contribution in [0.1, 0.15) is 26.7 Å². The molecule has 0 spiro atoms. The Kier molecular flexibility index (Phi) is 4.35. The summed E-state index contributed by atoms with van der Waals surface area (Å²) in [5, 5.41) is 0. The van der Waals surface area contributed by atoms with E-state index in [0.29, 0.717) is 6.10 Å². The van der Waals surface area contributed by atoms with Crippen LogP contribution in [0.4, 0.5) is 0 Å². The van der Waals surface area contributed by atoms with Crippen molar-refractivity contribution < 1.29 is 9.53 Å². The van der Waals surface area contributed by atoms with Crippen molar-refractivity contribution in [2.45, 2.75) is 38.8 Å². The van der Waals surface area contributed by atoms with Crippen molar-refractivity contribution in [3.05, 3.63) is 0 Å². The van der Waals surface area contributed by atoms with Crippen LogP contribution in [0.3, 0.4) is 0 Å². The first-order chi connectivity index (χ1) is 6.65. The largest absolute Gasteiger partial charge is 0.378 e. The zero-order valence-corrected chi connectivity index (χ0v) is 9.03. The highest BCUT2D eigenvalue weighted by Gasteiger charge is 2.24. The molecule has 0 aliphatic carbocycles. The SMILES string of the molecule is CCOC1CCN(C(=O)[C@H](C)N)CC1. The van der Waals surface area contributed by atoms with Gasteiger partial charge in [0.25, 0.3) is 0 Å². The van der Waals surface area contributed by atoms with E-state index in [4.69, 9.17) is 10.5 Å². The fourth-order valence-corrected chi connectivity index (χ4v) is 1.77. The molecule has 1 rings (SSSR count). The Labute approximate surface area is 85.4 Å². The van der Waals surface area contributed by atoms with E-state index < -0.39 is 0 Å². The van der Waals surface area contributed by atoms with Crippen molar-refractivity contribution in [2.24, 2.45) is 5.73 Å². The molecular weight excluding hydrogens is 180 g/mol. The number of ether oxygens (including phenoxy) is 1. The molecule has 4 nitrogen and oxygen atoms in total. The summed E-state index contributed by atoms with van der Waals surface area (Å²) in [6, 6.07) is -0.376. The molecule has 1 atom stereocenters. The van der Waals surface area contributed by atoms with E-state index in [0.717, 1.165) is 32.5 Å². The molecule has 1 aliphatic heterocycles. The minimum Gasteiger partial charge on any atom is -0.378 e. The summed E-state index contributed by atoms with van der Waals surface area (Å²) in [4.78, 5) is 13.4. The van der Waals surface area contributed by atoms with Gasteiger partial charge in [0.05, 0.1) is 12.1 Å². The summed E-state index contributed by atoms with van der Waals surface area (Å²) in [5.41, 5.74) is 5.54. The molecule has 0 unspecified atom stereocenters. The van der Waals surface area contributed by atoms with E-state index in [1.165, 1.54) is 0 Å². The van der Waals surface area contributed by atoms with Gasteiger partial charge in [-0.25, -0.2) is 0 Å². The maximum Gasteiger partial charge on any atom is 0.239 e. The average molecular weight is 200 g/mol. The molecule has 1 saturated heterocycles. The van der Waals surface area contributed by atoms with Crippen LogP contribution in [-0.4, -0.2) is 42.6 Å². The number of rotatable bonds is 3. The third-order valence-corrected chi connectivity index (χ3v) is 2.55. The van der Waals surface area contributed by atoms with Gasteiger partial charge in [0.15, 0.2) is 0 Å². The number of piperidine rings is 1. The van der Waals surface area contributed by atoms with E-state index in [1.54, 1.807) is 6.92 Å². The van der Waals surface area contributed by atoms with Gasteiger partial charge < -0.3 is 15.4 Å². The maximum atomic E-state index is 11.5. The maximum absolute atomic E-state index is 11.5. The van der Waals surface area contributed by atoms with Crippen molar-refractivity contribution in [1.29, 1.82) is 0 Å². The lowest BCUT2D eigenvalue weighted by Gasteiger charge is -2.32. The number of likely N-dealkylation sites (tertiary alicyclic amines) is 1. The first kappa shape index (κ1) is 11.5. The molecular formula is C10H20N2O2. The molecule has 1 heterocycles. The predicted octanol–water partition coefficient (Wildman–Crippen LogP) is 0.361. The van der Waals surface area contributed by atoms with Crippen LogP contribution in [0, 0.1) is 0 Å². The van der Waals surface area contributed by atoms with Gasteiger partial charge in [0.1, 0.15) is 0 Å². The Hall–Kier alpha value is -0.610. The van der Waals surface area contributed by atoms with Crippen LogP contribution < -0.4 is 5.73 Å². The van der Waals surface area contributed by atoms with E-state index in [-0.39, 0.29) is 11.9 Å². The molecule has 1 fully saturated rings. The van der Waals surface area contributed by atoms with Crippen LogP contribution in [0.5, 0.6) is 0 Å². The van der Waals surface area contributed by atoms with Gasteiger partial charge in [0.2, 0.25) is 5.91 Å². The quantitative estimate of drug-likeness (QED) is 0.715. The Balaban J connectivity index is 2.32. The van der Waals surface area contributed by atoms with E-state index in [2.05, 4.69) is 0 Å². The lowest BCUT2D eigenvalue weighted by Crippen LogP contribution is -2.47. The highest BCUT2D eigenvalue weighted by molar-refractivity contribution is 5.81. The number of hydrogen-bond donors (Lipinski definition) is 1. The zero-order valence-electron chi connectivity index (χ0n) is 9.03. The minimum absolute atomic E-state index is 0.0555. The number of nitrogens with two attached hydrogens (primary N) is 1. The van der Waals surface area contributed by atoms with Gasteiger partial charge in [-0.1, -0.05) is 0 Å². The molecule has 2 N–H and O–H groups in total. The summed E-state index contributed by atoms with van der Waals surface area (Å²) >= 11 is 0. The van der Waals surface area contributed by atoms with Crippen LogP contribution in [0.25, 0.3) is 0 Å². The molecule has 0 saturated carbocycles. The Morgan fingerprint density at radius 1 is 1.57 bits per heavy atom. The van der Waals surface area contributed by atoms with Crippen LogP contribution >= 0.6 is 0 Å². The van der Waals surface area contributed by atoms with Crippen molar-refractivity contribution in [2.75, 3.05) is 19.7 Å². The fraction of sp³-hybridized carbons (Fsp3) is 0.900. The highest BCUT2D eigenvalue weighted by Crippen LogP contribution is 2.13. The zero-order chi connectivity index (χ0) is 10.6. The monoisotopic (exact) mass is 200 g/mol. The standard InChI is InChI=1S/C10H20N2O2/c1-3-14-9-4-6-12(7-5-9)10(13)8(2)11/h8-9H,3-7,11H2,1-2H3/t8-/m0/s1. The first-order valence-corrected chi connectivity index (χ1v) is 5.31. The smallest absolute Gasteiger partial charge is 0.239 e. The molecule has 14 heavy (non-hydrogen) atoms. The summed E-state index contributed by atoms with van der Waals surface area (Å²) in [7, 11) is 0. The van der Waals surface area contributed by atoms with Gasteiger partial charge in [-0.05, 0) is 26.7 Å². The van der Waals surface area contributed by atoms with E-state index in [1.807, 2.05) is 11.8 Å². The van der Waals surface area contributed by atoms with Gasteiger partial charge in [-0.2, -0.15) is 0 Å². The predicted molar refractivity (Wildman–Crippen MR) is 54.9 cm³/mol. The Bertz CT molecular complexity index is 187. The molecule has 1 aliphatic rings. The molecule has 0 aromatic heterocycles. The van der Waals surface area contributed by atoms with Gasteiger partial charge in [0, 0.05) is 19.7 Å². The van der Waals surface area contributed by atoms with E-state index in [9.17, 15) is 4.79 Å². The van der Waals surface area contributed by atoms with Gasteiger partial charge in [-0.3, -0.25) is 4.79 Å². The third-order valence-electron chi connectivity index (χ3n) is 2.55. The number of nitrogens with zero attached hydrogens (tertiary/aromatic N) is 1. The molecule has 1 amide bonds. The lowest BCUT2D eigenvalue weighted by molar-refractivity contribution is -0.134. The molecule has 0 aromatic rings. The second-order valence-corrected chi connectivity index (χ2v) is 3.77. The average Bonchev–Trinajstić information content (AvgIpc) is 2.18. The lowest BCUT2D eigenvalue weighted by atomic mass is 10.1. The first-order valence-electron chi connectivity index (χ1n) is 5.31. The normalized spacial score (nSPS) is 20.9. The van der Waals surface area contributed by atoms with Crippen molar-refractivity contribution in [3.63, 3.8) is 0 Å². The second kappa shape index (κ2) is 5.32. The molecule has 0 aromatic carbocycles. The van der Waals surface area contributed by atoms with E-state index >= 15 is 0 Å². The third kappa shape index (κ3) is 2.96. The molecule has 4 heteroatoms. The minimum atomic E-state index is -0.376. The Morgan fingerprint density at radius 2 is 2.14 bits per heavy atom.